The number of ketones is 1. The Kier molecular flexibility index (Phi) is 6.44. The van der Waals surface area contributed by atoms with Crippen molar-refractivity contribution in [3.8, 4) is 0 Å². The molecule has 20 heavy (non-hydrogen) atoms. The van der Waals surface area contributed by atoms with Crippen molar-refractivity contribution >= 4 is 11.5 Å². The Morgan fingerprint density at radius 1 is 1.45 bits per heavy atom. The van der Waals surface area contributed by atoms with Gasteiger partial charge in [0.25, 0.3) is 0 Å². The number of allylic oxidation sites excluding steroid dienone is 4. The van der Waals surface area contributed by atoms with Gasteiger partial charge in [0.15, 0.2) is 5.78 Å². The van der Waals surface area contributed by atoms with Gasteiger partial charge in [0, 0.05) is 12.1 Å². The first kappa shape index (κ1) is 15.9. The molecule has 0 aliphatic carbocycles. The number of benzene rings is 1. The first-order valence-electron chi connectivity index (χ1n) is 6.50. The second-order valence-electron chi connectivity index (χ2n) is 4.59. The van der Waals surface area contributed by atoms with Crippen molar-refractivity contribution < 1.29 is 9.18 Å². The maximum atomic E-state index is 13.1. The SMILES string of the molecule is C=C/C=C(/F)C/C=C(\C)C(=O)CNc1cccc(C)c1. The number of halogens is 1. The average Bonchev–Trinajstić information content (AvgIpc) is 2.42. The molecule has 0 bridgehead atoms. The highest BCUT2D eigenvalue weighted by molar-refractivity contribution is 5.97. The largest absolute Gasteiger partial charge is 0.378 e. The summed E-state index contributed by atoms with van der Waals surface area (Å²) in [5.74, 6) is -0.350. The summed E-state index contributed by atoms with van der Waals surface area (Å²) >= 11 is 0. The molecule has 0 heterocycles. The molecule has 1 aromatic carbocycles. The van der Waals surface area contributed by atoms with Crippen molar-refractivity contribution in [2.75, 3.05) is 11.9 Å². The van der Waals surface area contributed by atoms with Crippen LogP contribution >= 0.6 is 0 Å². The Balaban J connectivity index is 2.52. The lowest BCUT2D eigenvalue weighted by atomic mass is 10.1. The fraction of sp³-hybridized carbons (Fsp3) is 0.235. The summed E-state index contributed by atoms with van der Waals surface area (Å²) in [5, 5.41) is 3.06. The van der Waals surface area contributed by atoms with Crippen LogP contribution in [0.1, 0.15) is 18.9 Å². The van der Waals surface area contributed by atoms with Crippen LogP contribution in [0.25, 0.3) is 0 Å². The Bertz CT molecular complexity index is 544. The van der Waals surface area contributed by atoms with E-state index in [4.69, 9.17) is 0 Å². The Morgan fingerprint density at radius 2 is 2.20 bits per heavy atom. The summed E-state index contributed by atoms with van der Waals surface area (Å²) in [6, 6.07) is 7.80. The fourth-order valence-electron chi connectivity index (χ4n) is 1.64. The van der Waals surface area contributed by atoms with Crippen LogP contribution in [-0.4, -0.2) is 12.3 Å². The maximum Gasteiger partial charge on any atom is 0.177 e. The third-order valence-corrected chi connectivity index (χ3v) is 2.81. The van der Waals surface area contributed by atoms with Crippen LogP contribution in [0.5, 0.6) is 0 Å². The third-order valence-electron chi connectivity index (χ3n) is 2.81. The number of hydrogen-bond acceptors (Lipinski definition) is 2. The van der Waals surface area contributed by atoms with E-state index in [9.17, 15) is 9.18 Å². The number of nitrogens with one attached hydrogen (secondary N) is 1. The quantitative estimate of drug-likeness (QED) is 0.591. The first-order chi connectivity index (χ1) is 9.52. The van der Waals surface area contributed by atoms with Crippen molar-refractivity contribution in [1.29, 1.82) is 0 Å². The van der Waals surface area contributed by atoms with Gasteiger partial charge in [0.2, 0.25) is 0 Å². The summed E-state index contributed by atoms with van der Waals surface area (Å²) in [6.45, 7) is 7.31. The highest BCUT2D eigenvalue weighted by atomic mass is 19.1. The zero-order chi connectivity index (χ0) is 15.0. The number of aryl methyl sites for hydroxylation is 1. The molecule has 106 valence electrons. The summed E-state index contributed by atoms with van der Waals surface area (Å²) < 4.78 is 13.1. The lowest BCUT2D eigenvalue weighted by Crippen LogP contribution is -2.14. The van der Waals surface area contributed by atoms with Crippen LogP contribution < -0.4 is 5.32 Å². The number of carbonyl (C=O) groups excluding carboxylic acids is 1. The molecule has 0 spiro atoms. The fourth-order valence-corrected chi connectivity index (χ4v) is 1.64. The molecule has 0 radical (unpaired) electrons. The summed E-state index contributed by atoms with van der Waals surface area (Å²) in [4.78, 5) is 11.9. The van der Waals surface area contributed by atoms with Gasteiger partial charge in [-0.3, -0.25) is 4.79 Å². The molecule has 0 aliphatic heterocycles. The lowest BCUT2D eigenvalue weighted by molar-refractivity contribution is -0.114. The number of hydrogen-bond donors (Lipinski definition) is 1. The van der Waals surface area contributed by atoms with Gasteiger partial charge >= 0.3 is 0 Å². The molecule has 0 fully saturated rings. The molecule has 1 aromatic rings. The van der Waals surface area contributed by atoms with E-state index in [1.807, 2.05) is 31.2 Å². The molecule has 0 saturated carbocycles. The third kappa shape index (κ3) is 5.65. The summed E-state index contributed by atoms with van der Waals surface area (Å²) in [7, 11) is 0. The van der Waals surface area contributed by atoms with Crippen LogP contribution in [0.15, 0.2) is 60.5 Å². The molecule has 0 unspecified atom stereocenters. The zero-order valence-electron chi connectivity index (χ0n) is 11.9. The molecule has 0 aromatic heterocycles. The van der Waals surface area contributed by atoms with Gasteiger partial charge < -0.3 is 5.32 Å². The average molecular weight is 273 g/mol. The van der Waals surface area contributed by atoms with Crippen LogP contribution in [0.4, 0.5) is 10.1 Å². The van der Waals surface area contributed by atoms with Gasteiger partial charge in [-0.25, -0.2) is 4.39 Å². The minimum Gasteiger partial charge on any atom is -0.378 e. The highest BCUT2D eigenvalue weighted by Crippen LogP contribution is 2.11. The van der Waals surface area contributed by atoms with Crippen molar-refractivity contribution in [2.24, 2.45) is 0 Å². The molecule has 0 saturated heterocycles. The van der Waals surface area contributed by atoms with Crippen LogP contribution in [0, 0.1) is 6.92 Å². The maximum absolute atomic E-state index is 13.1. The number of carbonyl (C=O) groups is 1. The molecule has 2 nitrogen and oxygen atoms in total. The Labute approximate surface area is 119 Å². The van der Waals surface area contributed by atoms with Gasteiger partial charge in [-0.15, -0.1) is 0 Å². The minimum absolute atomic E-state index is 0.0436. The van der Waals surface area contributed by atoms with Crippen LogP contribution in [0.2, 0.25) is 0 Å². The second kappa shape index (κ2) is 8.10. The second-order valence-corrected chi connectivity index (χ2v) is 4.59. The number of anilines is 1. The molecular weight excluding hydrogens is 253 g/mol. The van der Waals surface area contributed by atoms with Crippen molar-refractivity contribution in [3.05, 3.63) is 66.0 Å². The van der Waals surface area contributed by atoms with Gasteiger partial charge in [-0.05, 0) is 43.2 Å². The van der Waals surface area contributed by atoms with Gasteiger partial charge in [0.1, 0.15) is 5.83 Å². The molecule has 1 rings (SSSR count). The minimum atomic E-state index is -0.307. The normalized spacial score (nSPS) is 12.2. The number of rotatable bonds is 7. The number of Topliss-reactive ketones (excluding diaryl/α,β-unsaturated/α-hetero) is 1. The predicted octanol–water partition coefficient (Wildman–Crippen LogP) is 4.35. The highest BCUT2D eigenvalue weighted by Gasteiger charge is 2.04. The van der Waals surface area contributed by atoms with E-state index < -0.39 is 0 Å². The van der Waals surface area contributed by atoms with Crippen molar-refractivity contribution in [3.63, 3.8) is 0 Å². The van der Waals surface area contributed by atoms with Crippen molar-refractivity contribution in [1.82, 2.24) is 0 Å². The topological polar surface area (TPSA) is 29.1 Å². The first-order valence-corrected chi connectivity index (χ1v) is 6.50. The molecule has 0 amide bonds. The van der Waals surface area contributed by atoms with E-state index in [1.165, 1.54) is 12.2 Å². The van der Waals surface area contributed by atoms with E-state index in [0.717, 1.165) is 11.3 Å². The smallest absolute Gasteiger partial charge is 0.177 e. The van der Waals surface area contributed by atoms with Gasteiger partial charge in [-0.1, -0.05) is 30.9 Å². The van der Waals surface area contributed by atoms with E-state index in [2.05, 4.69) is 11.9 Å². The lowest BCUT2D eigenvalue weighted by Gasteiger charge is -2.06. The zero-order valence-corrected chi connectivity index (χ0v) is 11.9. The van der Waals surface area contributed by atoms with E-state index in [1.54, 1.807) is 13.0 Å². The van der Waals surface area contributed by atoms with Crippen LogP contribution in [-0.2, 0) is 4.79 Å². The summed E-state index contributed by atoms with van der Waals surface area (Å²) in [6.07, 6.45) is 4.39. The van der Waals surface area contributed by atoms with Gasteiger partial charge in [-0.2, -0.15) is 0 Å². The predicted molar refractivity (Wildman–Crippen MR) is 82.4 cm³/mol. The molecule has 0 atom stereocenters. The molecule has 1 N–H and O–H groups in total. The Hall–Kier alpha value is -2.16. The summed E-state index contributed by atoms with van der Waals surface area (Å²) in [5.41, 5.74) is 2.59. The molecular formula is C17H20FNO. The Morgan fingerprint density at radius 3 is 2.85 bits per heavy atom. The van der Waals surface area contributed by atoms with Gasteiger partial charge in [0.05, 0.1) is 6.54 Å². The monoisotopic (exact) mass is 273 g/mol. The standard InChI is InChI=1S/C17H20FNO/c1-4-6-15(18)10-9-14(3)17(20)12-19-16-8-5-7-13(2)11-16/h4-9,11,19H,1,10,12H2,2-3H3/b14-9+,15-6+. The molecule has 3 heteroatoms. The van der Waals surface area contributed by atoms with E-state index in [0.29, 0.717) is 5.57 Å². The molecule has 0 aliphatic rings. The van der Waals surface area contributed by atoms with E-state index >= 15 is 0 Å². The van der Waals surface area contributed by atoms with Crippen LogP contribution in [0.3, 0.4) is 0 Å². The van der Waals surface area contributed by atoms with Crippen molar-refractivity contribution in [2.45, 2.75) is 20.3 Å². The van der Waals surface area contributed by atoms with E-state index in [-0.39, 0.29) is 24.6 Å².